The first-order valence-corrected chi connectivity index (χ1v) is 10.4. The smallest absolute Gasteiger partial charge is 0.258 e. The lowest BCUT2D eigenvalue weighted by atomic mass is 10.1. The minimum Gasteiger partial charge on any atom is -0.365 e. The van der Waals surface area contributed by atoms with E-state index in [0.29, 0.717) is 11.3 Å². The molecular weight excluding hydrogens is 358 g/mol. The van der Waals surface area contributed by atoms with Gasteiger partial charge in [-0.25, -0.2) is 0 Å². The number of rotatable bonds is 6. The summed E-state index contributed by atoms with van der Waals surface area (Å²) in [7, 11) is 0. The second-order valence-corrected chi connectivity index (χ2v) is 8.51. The lowest BCUT2D eigenvalue weighted by Gasteiger charge is -2.24. The van der Waals surface area contributed by atoms with Gasteiger partial charge >= 0.3 is 0 Å². The summed E-state index contributed by atoms with van der Waals surface area (Å²) in [5.41, 5.74) is 8.18. The quantitative estimate of drug-likeness (QED) is 0.832. The van der Waals surface area contributed by atoms with Gasteiger partial charge in [0.1, 0.15) is 0 Å². The first-order valence-electron chi connectivity index (χ1n) is 9.60. The van der Waals surface area contributed by atoms with Crippen molar-refractivity contribution < 1.29 is 9.59 Å². The molecule has 2 N–H and O–H groups in total. The topological polar surface area (TPSA) is 66.6 Å². The fourth-order valence-corrected chi connectivity index (χ4v) is 5.19. The minimum atomic E-state index is -0.395. The zero-order valence-electron chi connectivity index (χ0n) is 15.4. The maximum absolute atomic E-state index is 12.8. The Hall–Kier alpha value is -2.18. The number of nitrogens with zero attached hydrogens (tertiary/aromatic N) is 2. The first-order chi connectivity index (χ1) is 13.1. The van der Waals surface area contributed by atoms with E-state index in [4.69, 9.17) is 5.73 Å². The van der Waals surface area contributed by atoms with E-state index in [1.807, 2.05) is 11.0 Å². The largest absolute Gasteiger partial charge is 0.365 e. The number of thiophene rings is 1. The third kappa shape index (κ3) is 3.92. The number of carbonyl (C=O) groups is 2. The predicted molar refractivity (Wildman–Crippen MR) is 106 cm³/mol. The summed E-state index contributed by atoms with van der Waals surface area (Å²) in [6, 6.07) is 12.4. The number of hydrogen-bond donors (Lipinski definition) is 1. The van der Waals surface area contributed by atoms with Gasteiger partial charge in [0.25, 0.3) is 5.91 Å². The van der Waals surface area contributed by atoms with Crippen LogP contribution in [0.15, 0.2) is 36.4 Å². The molecule has 0 bridgehead atoms. The molecule has 1 atom stereocenters. The zero-order valence-corrected chi connectivity index (χ0v) is 16.2. The van der Waals surface area contributed by atoms with E-state index in [2.05, 4.69) is 29.2 Å². The van der Waals surface area contributed by atoms with Gasteiger partial charge in [0.15, 0.2) is 0 Å². The van der Waals surface area contributed by atoms with E-state index >= 15 is 0 Å². The van der Waals surface area contributed by atoms with Gasteiger partial charge in [0.05, 0.1) is 10.9 Å². The van der Waals surface area contributed by atoms with Crippen molar-refractivity contribution in [2.24, 2.45) is 5.73 Å². The van der Waals surface area contributed by atoms with Crippen molar-refractivity contribution in [2.75, 3.05) is 13.1 Å². The number of likely N-dealkylation sites (tertiary alicyclic amines) is 1. The SMILES string of the molecule is NC(=O)c1ccc([C@H]2CCCN2C(=O)CCCN2Cc3ccccc3C2)s1. The lowest BCUT2D eigenvalue weighted by Crippen LogP contribution is -2.30. The predicted octanol–water partition coefficient (Wildman–Crippen LogP) is 3.31. The summed E-state index contributed by atoms with van der Waals surface area (Å²) >= 11 is 1.42. The third-order valence-electron chi connectivity index (χ3n) is 5.54. The van der Waals surface area contributed by atoms with Gasteiger partial charge in [-0.1, -0.05) is 24.3 Å². The lowest BCUT2D eigenvalue weighted by molar-refractivity contribution is -0.132. The highest BCUT2D eigenvalue weighted by molar-refractivity contribution is 7.14. The standard InChI is InChI=1S/C21H25N3O2S/c22-21(26)19-10-9-18(27-19)17-7-3-12-24(17)20(25)8-4-11-23-13-15-5-1-2-6-16(15)14-23/h1-2,5-6,9-10,17H,3-4,7-8,11-14H2,(H2,22,26)/t17-/m1/s1. The molecule has 2 aromatic rings. The number of benzene rings is 1. The third-order valence-corrected chi connectivity index (χ3v) is 6.74. The van der Waals surface area contributed by atoms with Crippen molar-refractivity contribution in [3.8, 4) is 0 Å². The number of primary amides is 1. The number of amides is 2. The normalized spacial score (nSPS) is 19.4. The van der Waals surface area contributed by atoms with Gasteiger partial charge in [-0.2, -0.15) is 0 Å². The number of nitrogens with two attached hydrogens (primary N) is 1. The van der Waals surface area contributed by atoms with Crippen LogP contribution in [-0.2, 0) is 17.9 Å². The van der Waals surface area contributed by atoms with Crippen LogP contribution in [-0.4, -0.2) is 34.7 Å². The molecule has 1 aromatic carbocycles. The van der Waals surface area contributed by atoms with Gasteiger partial charge < -0.3 is 10.6 Å². The molecule has 0 unspecified atom stereocenters. The summed E-state index contributed by atoms with van der Waals surface area (Å²) in [4.78, 5) is 30.2. The molecule has 0 saturated carbocycles. The van der Waals surface area contributed by atoms with E-state index in [0.717, 1.165) is 50.3 Å². The average Bonchev–Trinajstić information content (AvgIpc) is 3.38. The van der Waals surface area contributed by atoms with Crippen LogP contribution in [0.25, 0.3) is 0 Å². The molecule has 1 aromatic heterocycles. The molecular formula is C21H25N3O2S. The van der Waals surface area contributed by atoms with E-state index in [9.17, 15) is 9.59 Å². The highest BCUT2D eigenvalue weighted by Crippen LogP contribution is 2.36. The van der Waals surface area contributed by atoms with Crippen LogP contribution < -0.4 is 5.73 Å². The van der Waals surface area contributed by atoms with Crippen LogP contribution in [0.2, 0.25) is 0 Å². The second-order valence-electron chi connectivity index (χ2n) is 7.39. The maximum Gasteiger partial charge on any atom is 0.258 e. The fraction of sp³-hybridized carbons (Fsp3) is 0.429. The Morgan fingerprint density at radius 3 is 2.52 bits per heavy atom. The summed E-state index contributed by atoms with van der Waals surface area (Å²) in [5, 5.41) is 0. The fourth-order valence-electron chi connectivity index (χ4n) is 4.18. The molecule has 142 valence electrons. The summed E-state index contributed by atoms with van der Waals surface area (Å²) in [5.74, 6) is -0.169. The minimum absolute atomic E-state index is 0.103. The number of carbonyl (C=O) groups excluding carboxylic acids is 2. The van der Waals surface area contributed by atoms with Crippen LogP contribution >= 0.6 is 11.3 Å². The molecule has 2 amide bonds. The molecule has 5 nitrogen and oxygen atoms in total. The van der Waals surface area contributed by atoms with E-state index in [1.165, 1.54) is 22.5 Å². The number of hydrogen-bond acceptors (Lipinski definition) is 4. The van der Waals surface area contributed by atoms with Crippen LogP contribution in [0.5, 0.6) is 0 Å². The van der Waals surface area contributed by atoms with Gasteiger partial charge in [-0.3, -0.25) is 14.5 Å². The summed E-state index contributed by atoms with van der Waals surface area (Å²) in [6.07, 6.45) is 3.44. The Morgan fingerprint density at radius 1 is 1.11 bits per heavy atom. The molecule has 2 aliphatic rings. The summed E-state index contributed by atoms with van der Waals surface area (Å²) < 4.78 is 0. The van der Waals surface area contributed by atoms with Crippen LogP contribution in [0.4, 0.5) is 0 Å². The Morgan fingerprint density at radius 2 is 1.85 bits per heavy atom. The molecule has 1 saturated heterocycles. The maximum atomic E-state index is 12.8. The molecule has 0 spiro atoms. The van der Waals surface area contributed by atoms with Crippen LogP contribution in [0.1, 0.15) is 57.4 Å². The highest BCUT2D eigenvalue weighted by atomic mass is 32.1. The van der Waals surface area contributed by atoms with Crippen LogP contribution in [0, 0.1) is 0 Å². The van der Waals surface area contributed by atoms with Crippen molar-refractivity contribution in [3.63, 3.8) is 0 Å². The van der Waals surface area contributed by atoms with Gasteiger partial charge in [-0.15, -0.1) is 11.3 Å². The van der Waals surface area contributed by atoms with Gasteiger partial charge in [0.2, 0.25) is 5.91 Å². The molecule has 0 aliphatic carbocycles. The number of fused-ring (bicyclic) bond motifs is 1. The molecule has 0 radical (unpaired) electrons. The first kappa shape index (κ1) is 18.2. The van der Waals surface area contributed by atoms with Crippen molar-refractivity contribution in [2.45, 2.75) is 44.8 Å². The molecule has 1 fully saturated rings. The molecule has 27 heavy (non-hydrogen) atoms. The Bertz CT molecular complexity index is 822. The molecule has 6 heteroatoms. The Labute approximate surface area is 163 Å². The molecule has 3 heterocycles. The Balaban J connectivity index is 1.29. The van der Waals surface area contributed by atoms with Crippen molar-refractivity contribution in [1.29, 1.82) is 0 Å². The van der Waals surface area contributed by atoms with E-state index < -0.39 is 5.91 Å². The van der Waals surface area contributed by atoms with Gasteiger partial charge in [0, 0.05) is 30.9 Å². The molecule has 4 rings (SSSR count). The van der Waals surface area contributed by atoms with Crippen molar-refractivity contribution >= 4 is 23.2 Å². The highest BCUT2D eigenvalue weighted by Gasteiger charge is 2.31. The van der Waals surface area contributed by atoms with Crippen LogP contribution in [0.3, 0.4) is 0 Å². The van der Waals surface area contributed by atoms with Gasteiger partial charge in [-0.05, 0) is 49.1 Å². The van der Waals surface area contributed by atoms with E-state index in [-0.39, 0.29) is 11.9 Å². The average molecular weight is 384 g/mol. The summed E-state index contributed by atoms with van der Waals surface area (Å²) in [6.45, 7) is 3.73. The van der Waals surface area contributed by atoms with Crippen molar-refractivity contribution in [1.82, 2.24) is 9.80 Å². The van der Waals surface area contributed by atoms with Crippen molar-refractivity contribution in [3.05, 3.63) is 57.3 Å². The second kappa shape index (κ2) is 7.82. The molecule has 2 aliphatic heterocycles. The monoisotopic (exact) mass is 383 g/mol. The zero-order chi connectivity index (χ0) is 18.8. The Kier molecular flexibility index (Phi) is 5.27. The van der Waals surface area contributed by atoms with E-state index in [1.54, 1.807) is 6.07 Å².